The van der Waals surface area contributed by atoms with Crippen LogP contribution in [0.25, 0.3) is 0 Å². The molecule has 3 aromatic carbocycles. The number of nitrogens with zero attached hydrogens (tertiary/aromatic N) is 1. The van der Waals surface area contributed by atoms with Crippen LogP contribution in [0.4, 0.5) is 14.9 Å². The van der Waals surface area contributed by atoms with E-state index in [1.54, 1.807) is 42.5 Å². The summed E-state index contributed by atoms with van der Waals surface area (Å²) in [6, 6.07) is 18.0. The monoisotopic (exact) mass is 431 g/mol. The van der Waals surface area contributed by atoms with E-state index in [9.17, 15) is 14.3 Å². The second-order valence-corrected chi connectivity index (χ2v) is 7.74. The van der Waals surface area contributed by atoms with E-state index in [2.05, 4.69) is 16.7 Å². The van der Waals surface area contributed by atoms with Crippen LogP contribution in [-0.4, -0.2) is 17.2 Å². The van der Waals surface area contributed by atoms with Gasteiger partial charge in [0.15, 0.2) is 11.6 Å². The second-order valence-electron chi connectivity index (χ2n) is 7.74. The van der Waals surface area contributed by atoms with Crippen molar-refractivity contribution >= 4 is 11.7 Å². The third kappa shape index (κ3) is 5.16. The molecule has 1 aliphatic carbocycles. The maximum absolute atomic E-state index is 14.4. The molecule has 0 spiro atoms. The number of hydrogen-bond acceptors (Lipinski definition) is 4. The number of nitrogens with one attached hydrogen (secondary N) is 2. The second kappa shape index (κ2) is 9.40. The maximum atomic E-state index is 14.4. The summed E-state index contributed by atoms with van der Waals surface area (Å²) in [5, 5.41) is 24.1. The van der Waals surface area contributed by atoms with Crippen LogP contribution >= 0.6 is 0 Å². The van der Waals surface area contributed by atoms with Gasteiger partial charge in [0.2, 0.25) is 0 Å². The fourth-order valence-corrected chi connectivity index (χ4v) is 3.80. The van der Waals surface area contributed by atoms with Crippen molar-refractivity contribution < 1.29 is 19.0 Å². The largest absolute Gasteiger partial charge is 0.508 e. The number of benzene rings is 3. The summed E-state index contributed by atoms with van der Waals surface area (Å²) >= 11 is 0. The van der Waals surface area contributed by atoms with E-state index in [4.69, 9.17) is 10.00 Å². The van der Waals surface area contributed by atoms with E-state index in [1.165, 1.54) is 12.1 Å². The van der Waals surface area contributed by atoms with Crippen LogP contribution < -0.4 is 15.4 Å². The van der Waals surface area contributed by atoms with Gasteiger partial charge >= 0.3 is 6.03 Å². The lowest BCUT2D eigenvalue weighted by Gasteiger charge is -2.25. The summed E-state index contributed by atoms with van der Waals surface area (Å²) in [6.45, 7) is 0.126. The number of anilines is 1. The van der Waals surface area contributed by atoms with Gasteiger partial charge in [0, 0.05) is 17.8 Å². The number of urea groups is 1. The number of carbonyl (C=O) groups is 1. The van der Waals surface area contributed by atoms with Crippen LogP contribution in [0.2, 0.25) is 0 Å². The van der Waals surface area contributed by atoms with Crippen molar-refractivity contribution in [2.45, 2.75) is 31.9 Å². The standard InChI is InChI=1S/C25H22FN3O3/c26-23-13-21(7-9-24(23)32-15-17-3-1-2-16(10-17)14-27)29-25(31)28-20-6-4-19-12-22(30)8-5-18(19)11-20/h1-3,5,7-10,12-13,20,30H,4,6,11,15H2,(H2,28,29,31). The molecule has 0 saturated carbocycles. The van der Waals surface area contributed by atoms with Gasteiger partial charge in [-0.05, 0) is 72.4 Å². The normalized spacial score (nSPS) is 14.7. The van der Waals surface area contributed by atoms with Gasteiger partial charge in [-0.1, -0.05) is 18.2 Å². The van der Waals surface area contributed by atoms with Crippen molar-refractivity contribution in [2.75, 3.05) is 5.32 Å². The Balaban J connectivity index is 1.31. The number of aromatic hydroxyl groups is 1. The Kier molecular flexibility index (Phi) is 6.22. The van der Waals surface area contributed by atoms with E-state index in [0.29, 0.717) is 17.7 Å². The highest BCUT2D eigenvalue weighted by Crippen LogP contribution is 2.26. The molecule has 3 aromatic rings. The average Bonchev–Trinajstić information content (AvgIpc) is 2.78. The number of halogens is 1. The predicted octanol–water partition coefficient (Wildman–Crippen LogP) is 4.66. The fraction of sp³-hybridized carbons (Fsp3) is 0.200. The molecule has 1 aliphatic rings. The van der Waals surface area contributed by atoms with Gasteiger partial charge in [-0.15, -0.1) is 0 Å². The highest BCUT2D eigenvalue weighted by atomic mass is 19.1. The third-order valence-electron chi connectivity index (χ3n) is 5.39. The Labute approximate surface area is 185 Å². The minimum Gasteiger partial charge on any atom is -0.508 e. The average molecular weight is 431 g/mol. The van der Waals surface area contributed by atoms with Crippen LogP contribution in [0.15, 0.2) is 60.7 Å². The summed E-state index contributed by atoms with van der Waals surface area (Å²) in [7, 11) is 0. The zero-order valence-electron chi connectivity index (χ0n) is 17.3. The van der Waals surface area contributed by atoms with Crippen molar-refractivity contribution in [3.63, 3.8) is 0 Å². The Bertz CT molecular complexity index is 1190. The van der Waals surface area contributed by atoms with Crippen LogP contribution in [0.3, 0.4) is 0 Å². The molecule has 0 aliphatic heterocycles. The van der Waals surface area contributed by atoms with Gasteiger partial charge in [-0.2, -0.15) is 5.26 Å². The number of nitriles is 1. The van der Waals surface area contributed by atoms with Crippen molar-refractivity contribution in [3.8, 4) is 17.6 Å². The third-order valence-corrected chi connectivity index (χ3v) is 5.39. The molecular formula is C25H22FN3O3. The fourth-order valence-electron chi connectivity index (χ4n) is 3.80. The Hall–Kier alpha value is -4.05. The molecule has 2 amide bonds. The van der Waals surface area contributed by atoms with Gasteiger partial charge in [-0.3, -0.25) is 0 Å². The van der Waals surface area contributed by atoms with Crippen LogP contribution in [0.5, 0.6) is 11.5 Å². The quantitative estimate of drug-likeness (QED) is 0.548. The van der Waals surface area contributed by atoms with Crippen molar-refractivity contribution in [3.05, 3.63) is 88.7 Å². The summed E-state index contributed by atoms with van der Waals surface area (Å²) in [4.78, 5) is 12.4. The summed E-state index contributed by atoms with van der Waals surface area (Å²) in [6.07, 6.45) is 2.21. The first-order valence-electron chi connectivity index (χ1n) is 10.3. The van der Waals surface area contributed by atoms with Crippen LogP contribution in [-0.2, 0) is 19.4 Å². The molecule has 0 heterocycles. The zero-order valence-corrected chi connectivity index (χ0v) is 17.3. The predicted molar refractivity (Wildman–Crippen MR) is 118 cm³/mol. The van der Waals surface area contributed by atoms with Gasteiger partial charge in [0.1, 0.15) is 12.4 Å². The van der Waals surface area contributed by atoms with Crippen molar-refractivity contribution in [2.24, 2.45) is 0 Å². The number of aryl methyl sites for hydroxylation is 1. The Morgan fingerprint density at radius 1 is 1.16 bits per heavy atom. The molecule has 0 radical (unpaired) electrons. The molecule has 4 rings (SSSR count). The molecule has 162 valence electrons. The lowest BCUT2D eigenvalue weighted by Crippen LogP contribution is -2.41. The number of fused-ring (bicyclic) bond motifs is 1. The topological polar surface area (TPSA) is 94.4 Å². The minimum absolute atomic E-state index is 0.0383. The summed E-state index contributed by atoms with van der Waals surface area (Å²) in [5.74, 6) is -0.283. The molecule has 7 heteroatoms. The molecule has 1 atom stereocenters. The summed E-state index contributed by atoms with van der Waals surface area (Å²) < 4.78 is 20.0. The molecule has 0 fully saturated rings. The lowest BCUT2D eigenvalue weighted by molar-refractivity contribution is 0.247. The van der Waals surface area contributed by atoms with Gasteiger partial charge < -0.3 is 20.5 Å². The highest BCUT2D eigenvalue weighted by Gasteiger charge is 2.20. The van der Waals surface area contributed by atoms with E-state index < -0.39 is 11.8 Å². The maximum Gasteiger partial charge on any atom is 0.319 e. The molecule has 3 N–H and O–H groups in total. The number of hydrogen-bond donors (Lipinski definition) is 3. The highest BCUT2D eigenvalue weighted by molar-refractivity contribution is 5.89. The summed E-state index contributed by atoms with van der Waals surface area (Å²) in [5.41, 5.74) is 3.79. The van der Waals surface area contributed by atoms with Crippen molar-refractivity contribution in [1.82, 2.24) is 5.32 Å². The first-order chi connectivity index (χ1) is 15.5. The number of rotatable bonds is 5. The molecule has 32 heavy (non-hydrogen) atoms. The molecule has 6 nitrogen and oxygen atoms in total. The number of phenols is 1. The Morgan fingerprint density at radius 3 is 2.84 bits per heavy atom. The van der Waals surface area contributed by atoms with Crippen LogP contribution in [0, 0.1) is 17.1 Å². The number of amides is 2. The van der Waals surface area contributed by atoms with Gasteiger partial charge in [0.05, 0.1) is 11.6 Å². The molecular weight excluding hydrogens is 409 g/mol. The van der Waals surface area contributed by atoms with E-state index in [-0.39, 0.29) is 24.1 Å². The molecule has 0 aromatic heterocycles. The van der Waals surface area contributed by atoms with E-state index in [1.807, 2.05) is 6.07 Å². The number of ether oxygens (including phenoxy) is 1. The van der Waals surface area contributed by atoms with E-state index in [0.717, 1.165) is 29.5 Å². The number of phenolic OH excluding ortho intramolecular Hbond substituents is 1. The smallest absolute Gasteiger partial charge is 0.319 e. The molecule has 1 unspecified atom stereocenters. The Morgan fingerprint density at radius 2 is 2.03 bits per heavy atom. The SMILES string of the molecule is N#Cc1cccc(COc2ccc(NC(=O)NC3CCc4cc(O)ccc4C3)cc2F)c1. The first kappa shape index (κ1) is 21.2. The number of carbonyl (C=O) groups excluding carboxylic acids is 1. The molecule has 0 bridgehead atoms. The minimum atomic E-state index is -0.592. The van der Waals surface area contributed by atoms with Crippen molar-refractivity contribution in [1.29, 1.82) is 5.26 Å². The molecule has 0 saturated heterocycles. The zero-order chi connectivity index (χ0) is 22.5. The lowest BCUT2D eigenvalue weighted by atomic mass is 9.88. The van der Waals surface area contributed by atoms with Gasteiger partial charge in [-0.25, -0.2) is 9.18 Å². The first-order valence-corrected chi connectivity index (χ1v) is 10.3. The van der Waals surface area contributed by atoms with E-state index >= 15 is 0 Å². The van der Waals surface area contributed by atoms with Gasteiger partial charge in [0.25, 0.3) is 0 Å². The van der Waals surface area contributed by atoms with Crippen LogP contribution in [0.1, 0.15) is 28.7 Å².